The molecule has 27 heteroatoms. The molecule has 5 atom stereocenters. The minimum absolute atomic E-state index is 0.600. The van der Waals surface area contributed by atoms with Crippen molar-refractivity contribution in [3.8, 4) is 12.1 Å². The summed E-state index contributed by atoms with van der Waals surface area (Å²) in [6, 6.07) is 3.01. The highest BCUT2D eigenvalue weighted by molar-refractivity contribution is 8.11. The second kappa shape index (κ2) is 29.4. The fourth-order valence-corrected chi connectivity index (χ4v) is 1.34. The second-order valence-electron chi connectivity index (χ2n) is 8.78. The minimum Gasteiger partial charge on any atom is -0.481 e. The number of carbonyl (C=O) groups is 5. The molecule has 0 aliphatic heterocycles. The first kappa shape index (κ1) is 61.9. The molecule has 294 valence electrons. The summed E-state index contributed by atoms with van der Waals surface area (Å²) >= 11 is 8.10. The Morgan fingerprint density at radius 3 is 0.980 bits per heavy atom. The van der Waals surface area contributed by atoms with Crippen LogP contribution in [-0.2, 0) is 33.1 Å². The van der Waals surface area contributed by atoms with E-state index >= 15 is 0 Å². The fraction of sp³-hybridized carbons (Fsp3) is 0.652. The highest BCUT2D eigenvalue weighted by Crippen LogP contribution is 2.49. The number of hydrogen-bond acceptors (Lipinski definition) is 10. The van der Waals surface area contributed by atoms with E-state index < -0.39 is 86.2 Å². The first-order chi connectivity index (χ1) is 21.7. The van der Waals surface area contributed by atoms with E-state index in [0.717, 1.165) is 13.8 Å². The molecule has 0 fully saturated rings. The van der Waals surface area contributed by atoms with Crippen molar-refractivity contribution in [3.63, 3.8) is 0 Å². The number of alkyl halides is 6. The van der Waals surface area contributed by atoms with Gasteiger partial charge < -0.3 is 40.2 Å². The van der Waals surface area contributed by atoms with E-state index in [2.05, 4.69) is 24.8 Å². The summed E-state index contributed by atoms with van der Waals surface area (Å²) < 4.78 is 89.9. The summed E-state index contributed by atoms with van der Waals surface area (Å²) in [7, 11) is -8.12. The summed E-state index contributed by atoms with van der Waals surface area (Å²) in [5, 5.41) is 54.9. The maximum atomic E-state index is 11.6. The summed E-state index contributed by atoms with van der Waals surface area (Å²) in [5.41, 5.74) is -3.30. The van der Waals surface area contributed by atoms with Crippen LogP contribution in [-0.4, -0.2) is 105 Å². The van der Waals surface area contributed by atoms with Gasteiger partial charge >= 0.3 is 43.8 Å². The molecular formula is C23H38F6N2O15P2S2. The van der Waals surface area contributed by atoms with Crippen LogP contribution in [0.25, 0.3) is 0 Å². The van der Waals surface area contributed by atoms with Crippen molar-refractivity contribution in [2.75, 3.05) is 6.66 Å². The molecule has 0 saturated carbocycles. The first-order valence-electron chi connectivity index (χ1n) is 12.3. The van der Waals surface area contributed by atoms with E-state index in [-0.39, 0.29) is 0 Å². The Balaban J connectivity index is -0.0000000880. The van der Waals surface area contributed by atoms with Crippen molar-refractivity contribution in [2.45, 2.75) is 72.1 Å². The smallest absolute Gasteiger partial charge is 0.401 e. The van der Waals surface area contributed by atoms with E-state index in [1.807, 2.05) is 0 Å². The van der Waals surface area contributed by atoms with Crippen molar-refractivity contribution < 1.29 is 99.7 Å². The molecular weight excluding hydrogens is 784 g/mol. The van der Waals surface area contributed by atoms with Crippen LogP contribution in [0.2, 0.25) is 0 Å². The molecule has 0 amide bonds. The molecule has 0 aromatic heterocycles. The summed E-state index contributed by atoms with van der Waals surface area (Å²) in [4.78, 5) is 72.7. The largest absolute Gasteiger partial charge is 0.481 e. The lowest BCUT2D eigenvalue weighted by atomic mass is 10.2. The Kier molecular flexibility index (Phi) is 36.4. The van der Waals surface area contributed by atoms with Crippen LogP contribution < -0.4 is 0 Å². The third kappa shape index (κ3) is 51.5. The van der Waals surface area contributed by atoms with Crippen LogP contribution in [0.1, 0.15) is 48.5 Å². The number of nitriles is 2. The molecule has 0 rings (SSSR count). The number of carboxylic acid groups (broad SMARTS) is 5. The SMILES string of the molecule is CC(=O)O.CC(=S)S.CC(C#N)C(=O)O.CC(C#N)P(=O)(O)O.CC(C(=O)O)C(=O)O.CC(C(=O)O)C(F)(F)F.CC(C(F)(F)F)P(C)(=O)O. The molecule has 5 unspecified atom stereocenters. The lowest BCUT2D eigenvalue weighted by molar-refractivity contribution is -0.189. The number of halogens is 6. The Morgan fingerprint density at radius 1 is 0.700 bits per heavy atom. The van der Waals surface area contributed by atoms with Crippen LogP contribution in [0.5, 0.6) is 0 Å². The molecule has 0 bridgehead atoms. The van der Waals surface area contributed by atoms with Crippen molar-refractivity contribution in [1.29, 1.82) is 10.5 Å². The van der Waals surface area contributed by atoms with Gasteiger partial charge in [-0.25, -0.2) is 0 Å². The van der Waals surface area contributed by atoms with Gasteiger partial charge in [-0.15, -0.1) is 12.6 Å². The summed E-state index contributed by atoms with van der Waals surface area (Å²) in [6.07, 6.45) is -9.19. The van der Waals surface area contributed by atoms with Crippen molar-refractivity contribution in [3.05, 3.63) is 0 Å². The highest BCUT2D eigenvalue weighted by atomic mass is 32.1. The molecule has 0 aromatic carbocycles. The topological polar surface area (TPSA) is 329 Å². The standard InChI is InChI=1S/C4H8F3O2P.C4H5F3O2.C4H5NO2.C4H6O4.C3H6NO3P.C2H4O2.C2H4S2/c1-3(4(5,6)7)10(2,8)9;1-2(3(8)9)4(5,6)7;1-3(2-5)4(6)7;1-2(3(5)6)4(7)8;1-3(2-4)8(5,6)7;2*1-2(3)4/h3H,1-2H3,(H,8,9);2H,1H3,(H,8,9);3H,1H3,(H,6,7);2H,1H3,(H,5,6)(H,7,8);3H,1H3,(H2,5,6,7);2*1H3,(H,3,4). The Morgan fingerprint density at radius 2 is 0.980 bits per heavy atom. The van der Waals surface area contributed by atoms with E-state index in [0.29, 0.717) is 24.7 Å². The van der Waals surface area contributed by atoms with Gasteiger partial charge in [0.05, 0.1) is 12.1 Å². The zero-order valence-corrected chi connectivity index (χ0v) is 30.7. The molecule has 0 saturated heterocycles. The highest BCUT2D eigenvalue weighted by Gasteiger charge is 2.45. The zero-order chi connectivity index (χ0) is 42.8. The lowest BCUT2D eigenvalue weighted by Gasteiger charge is -2.17. The maximum Gasteiger partial charge on any atom is 0.401 e. The van der Waals surface area contributed by atoms with Gasteiger partial charge in [0.2, 0.25) is 7.37 Å². The van der Waals surface area contributed by atoms with Gasteiger partial charge in [-0.05, 0) is 41.5 Å². The molecule has 50 heavy (non-hydrogen) atoms. The van der Waals surface area contributed by atoms with Gasteiger partial charge in [0.25, 0.3) is 5.97 Å². The van der Waals surface area contributed by atoms with E-state index in [1.165, 1.54) is 19.9 Å². The zero-order valence-electron chi connectivity index (χ0n) is 27.2. The maximum absolute atomic E-state index is 11.6. The van der Waals surface area contributed by atoms with Crippen LogP contribution in [0.4, 0.5) is 26.3 Å². The van der Waals surface area contributed by atoms with Gasteiger partial charge in [-0.3, -0.25) is 33.1 Å². The van der Waals surface area contributed by atoms with Crippen molar-refractivity contribution in [2.24, 2.45) is 17.8 Å². The fourth-order valence-electron chi connectivity index (χ4n) is 0.648. The quantitative estimate of drug-likeness (QED) is 0.0583. The third-order valence-electron chi connectivity index (χ3n) is 4.05. The molecule has 0 aliphatic rings. The van der Waals surface area contributed by atoms with Crippen LogP contribution in [0, 0.1) is 40.4 Å². The van der Waals surface area contributed by atoms with Gasteiger partial charge in [0.1, 0.15) is 23.2 Å². The van der Waals surface area contributed by atoms with Gasteiger partial charge in [-0.1, -0.05) is 12.2 Å². The molecule has 0 aliphatic carbocycles. The Labute approximate surface area is 292 Å². The summed E-state index contributed by atoms with van der Waals surface area (Å²) in [5.74, 6) is -10.8. The average molecular weight is 823 g/mol. The molecule has 0 aromatic rings. The molecule has 0 radical (unpaired) electrons. The number of rotatable bonds is 6. The van der Waals surface area contributed by atoms with Crippen LogP contribution >= 0.6 is 39.8 Å². The number of nitrogens with zero attached hydrogens (tertiary/aromatic N) is 2. The number of thiol groups is 1. The minimum atomic E-state index is -4.62. The van der Waals surface area contributed by atoms with Gasteiger partial charge in [0.15, 0.2) is 5.92 Å². The van der Waals surface area contributed by atoms with Crippen LogP contribution in [0.15, 0.2) is 0 Å². The van der Waals surface area contributed by atoms with Gasteiger partial charge in [-0.2, -0.15) is 36.9 Å². The molecule has 0 heterocycles. The second-order valence-corrected chi connectivity index (χ2v) is 15.0. The van der Waals surface area contributed by atoms with E-state index in [1.54, 1.807) is 13.0 Å². The molecule has 17 nitrogen and oxygen atoms in total. The number of thiocarbonyl (C=S) groups is 1. The normalized spacial score (nSPS) is 13.6. The number of carboxylic acids is 5. The Hall–Kier alpha value is -3.31. The number of hydrogen-bond donors (Lipinski definition) is 9. The van der Waals surface area contributed by atoms with E-state index in [9.17, 15) is 54.7 Å². The first-order valence-corrected chi connectivity index (χ1v) is 17.0. The van der Waals surface area contributed by atoms with Gasteiger partial charge in [0, 0.05) is 17.8 Å². The van der Waals surface area contributed by atoms with Crippen molar-refractivity contribution in [1.82, 2.24) is 0 Å². The predicted molar refractivity (Wildman–Crippen MR) is 169 cm³/mol. The lowest BCUT2D eigenvalue weighted by Crippen LogP contribution is -2.27. The number of aliphatic carboxylic acids is 5. The summed E-state index contributed by atoms with van der Waals surface area (Å²) in [6.45, 7) is 8.47. The van der Waals surface area contributed by atoms with E-state index in [4.69, 9.17) is 55.5 Å². The molecule has 0 spiro atoms. The Bertz CT molecular complexity index is 1230. The van der Waals surface area contributed by atoms with Crippen molar-refractivity contribution >= 4 is 73.9 Å². The van der Waals surface area contributed by atoms with Crippen LogP contribution in [0.3, 0.4) is 0 Å². The monoisotopic (exact) mass is 822 g/mol. The average Bonchev–Trinajstić information content (AvgIpc) is 2.89. The third-order valence-corrected chi connectivity index (χ3v) is 6.90. The molecule has 8 N–H and O–H groups in total. The predicted octanol–water partition coefficient (Wildman–Crippen LogP) is 4.56.